The van der Waals surface area contributed by atoms with E-state index in [4.69, 9.17) is 0 Å². The van der Waals surface area contributed by atoms with Crippen LogP contribution >= 0.6 is 11.3 Å². The van der Waals surface area contributed by atoms with Crippen molar-refractivity contribution in [2.45, 2.75) is 20.3 Å². The number of aryl methyl sites for hydroxylation is 1. The number of amides is 1. The Hall–Kier alpha value is -2.53. The lowest BCUT2D eigenvalue weighted by atomic mass is 10.1. The van der Waals surface area contributed by atoms with E-state index in [2.05, 4.69) is 10.3 Å². The van der Waals surface area contributed by atoms with Gasteiger partial charge in [-0.1, -0.05) is 53.8 Å². The molecule has 0 saturated carbocycles. The largest absolute Gasteiger partial charge is 0.302 e. The van der Waals surface area contributed by atoms with Crippen LogP contribution in [-0.4, -0.2) is 16.7 Å². The molecule has 5 heteroatoms. The number of thiazole rings is 1. The summed E-state index contributed by atoms with van der Waals surface area (Å²) in [6.07, 6.45) is 0.277. The maximum Gasteiger partial charge on any atom is 0.230 e. The molecule has 4 nitrogen and oxygen atoms in total. The zero-order valence-electron chi connectivity index (χ0n) is 12.9. The molecule has 2 aromatic carbocycles. The molecule has 1 N–H and O–H groups in total. The normalized spacial score (nSPS) is 10.7. The number of fused-ring (bicyclic) bond motifs is 1. The number of nitrogens with one attached hydrogen (secondary N) is 1. The van der Waals surface area contributed by atoms with Crippen LogP contribution in [0.4, 0.5) is 5.13 Å². The molecule has 0 atom stereocenters. The molecule has 0 aliphatic rings. The first-order valence-electron chi connectivity index (χ1n) is 7.29. The predicted molar refractivity (Wildman–Crippen MR) is 93.1 cm³/mol. The number of hydrogen-bond acceptors (Lipinski definition) is 4. The van der Waals surface area contributed by atoms with Crippen LogP contribution in [0.15, 0.2) is 42.5 Å². The zero-order chi connectivity index (χ0) is 16.4. The van der Waals surface area contributed by atoms with E-state index in [-0.39, 0.29) is 18.1 Å². The molecular formula is C18H16N2O2S. The van der Waals surface area contributed by atoms with Crippen LogP contribution in [0.3, 0.4) is 0 Å². The Morgan fingerprint density at radius 1 is 1.13 bits per heavy atom. The standard InChI is InChI=1S/C18H16N2O2S/c1-11-17(12(2)21)23-18(19-11)20-16(22)10-13-7-8-14-5-3-4-6-15(14)9-13/h3-9H,10H2,1-2H3,(H,19,20,22). The van der Waals surface area contributed by atoms with Crippen molar-refractivity contribution in [3.05, 3.63) is 58.6 Å². The maximum atomic E-state index is 12.2. The first kappa shape index (κ1) is 15.4. The third-order valence-electron chi connectivity index (χ3n) is 3.54. The molecule has 0 aliphatic carbocycles. The van der Waals surface area contributed by atoms with Gasteiger partial charge in [-0.2, -0.15) is 0 Å². The molecule has 0 unspecified atom stereocenters. The van der Waals surface area contributed by atoms with E-state index in [1.54, 1.807) is 6.92 Å². The fraction of sp³-hybridized carbons (Fsp3) is 0.167. The van der Waals surface area contributed by atoms with Crippen LogP contribution in [0.2, 0.25) is 0 Å². The Morgan fingerprint density at radius 3 is 2.57 bits per heavy atom. The summed E-state index contributed by atoms with van der Waals surface area (Å²) in [4.78, 5) is 28.4. The van der Waals surface area contributed by atoms with Crippen molar-refractivity contribution in [2.24, 2.45) is 0 Å². The highest BCUT2D eigenvalue weighted by Gasteiger charge is 2.13. The molecule has 1 heterocycles. The van der Waals surface area contributed by atoms with Gasteiger partial charge >= 0.3 is 0 Å². The number of ketones is 1. The van der Waals surface area contributed by atoms with Crippen LogP contribution in [0.25, 0.3) is 10.8 Å². The summed E-state index contributed by atoms with van der Waals surface area (Å²) in [7, 11) is 0. The predicted octanol–water partition coefficient (Wildman–Crippen LogP) is 3.99. The highest BCUT2D eigenvalue weighted by molar-refractivity contribution is 7.17. The minimum absolute atomic E-state index is 0.0324. The van der Waals surface area contributed by atoms with Gasteiger partial charge in [0.05, 0.1) is 17.0 Å². The first-order chi connectivity index (χ1) is 11.0. The number of carbonyl (C=O) groups is 2. The molecule has 0 saturated heterocycles. The highest BCUT2D eigenvalue weighted by Crippen LogP contribution is 2.23. The lowest BCUT2D eigenvalue weighted by Gasteiger charge is -2.04. The number of carbonyl (C=O) groups excluding carboxylic acids is 2. The average Bonchev–Trinajstić information content (AvgIpc) is 2.87. The molecule has 0 aliphatic heterocycles. The molecule has 3 rings (SSSR count). The molecule has 1 amide bonds. The summed E-state index contributed by atoms with van der Waals surface area (Å²) in [5, 5.41) is 5.51. The van der Waals surface area contributed by atoms with E-state index in [0.29, 0.717) is 15.7 Å². The van der Waals surface area contributed by atoms with Crippen molar-refractivity contribution < 1.29 is 9.59 Å². The average molecular weight is 324 g/mol. The van der Waals surface area contributed by atoms with Crippen molar-refractivity contribution in [1.29, 1.82) is 0 Å². The van der Waals surface area contributed by atoms with Gasteiger partial charge in [0.25, 0.3) is 0 Å². The number of Topliss-reactive ketones (excluding diaryl/α,β-unsaturated/α-hetero) is 1. The van der Waals surface area contributed by atoms with E-state index < -0.39 is 0 Å². The van der Waals surface area contributed by atoms with Crippen molar-refractivity contribution in [3.8, 4) is 0 Å². The third kappa shape index (κ3) is 3.46. The topological polar surface area (TPSA) is 59.1 Å². The van der Waals surface area contributed by atoms with E-state index in [9.17, 15) is 9.59 Å². The van der Waals surface area contributed by atoms with Gasteiger partial charge < -0.3 is 5.32 Å². The van der Waals surface area contributed by atoms with Crippen LogP contribution in [0, 0.1) is 6.92 Å². The summed E-state index contributed by atoms with van der Waals surface area (Å²) in [6, 6.07) is 14.0. The lowest BCUT2D eigenvalue weighted by molar-refractivity contribution is -0.115. The van der Waals surface area contributed by atoms with E-state index >= 15 is 0 Å². The zero-order valence-corrected chi connectivity index (χ0v) is 13.7. The Bertz CT molecular complexity index is 899. The summed E-state index contributed by atoms with van der Waals surface area (Å²) in [6.45, 7) is 3.27. The van der Waals surface area contributed by atoms with Crippen LogP contribution in [0.5, 0.6) is 0 Å². The van der Waals surface area contributed by atoms with Crippen molar-refractivity contribution in [1.82, 2.24) is 4.98 Å². The molecule has 0 spiro atoms. The molecule has 116 valence electrons. The van der Waals surface area contributed by atoms with Gasteiger partial charge in [-0.15, -0.1) is 0 Å². The minimum atomic E-state index is -0.135. The lowest BCUT2D eigenvalue weighted by Crippen LogP contribution is -2.14. The van der Waals surface area contributed by atoms with E-state index in [0.717, 1.165) is 16.3 Å². The molecular weight excluding hydrogens is 308 g/mol. The SMILES string of the molecule is CC(=O)c1sc(NC(=O)Cc2ccc3ccccc3c2)nc1C. The van der Waals surface area contributed by atoms with Crippen LogP contribution in [-0.2, 0) is 11.2 Å². The number of benzene rings is 2. The van der Waals surface area contributed by atoms with Crippen LogP contribution in [0.1, 0.15) is 27.9 Å². The molecule has 1 aromatic heterocycles. The highest BCUT2D eigenvalue weighted by atomic mass is 32.1. The second-order valence-electron chi connectivity index (χ2n) is 5.40. The molecule has 23 heavy (non-hydrogen) atoms. The van der Waals surface area contributed by atoms with E-state index in [1.807, 2.05) is 42.5 Å². The summed E-state index contributed by atoms with van der Waals surface area (Å²) < 4.78 is 0. The Labute approximate surface area is 138 Å². The number of rotatable bonds is 4. The monoisotopic (exact) mass is 324 g/mol. The minimum Gasteiger partial charge on any atom is -0.302 e. The van der Waals surface area contributed by atoms with Crippen molar-refractivity contribution >= 4 is 38.9 Å². The number of hydrogen-bond donors (Lipinski definition) is 1. The number of anilines is 1. The summed E-state index contributed by atoms with van der Waals surface area (Å²) in [5.74, 6) is -0.167. The van der Waals surface area contributed by atoms with Gasteiger partial charge in [0.1, 0.15) is 0 Å². The molecule has 0 radical (unpaired) electrons. The van der Waals surface area contributed by atoms with Crippen molar-refractivity contribution in [3.63, 3.8) is 0 Å². The van der Waals surface area contributed by atoms with Crippen molar-refractivity contribution in [2.75, 3.05) is 5.32 Å². The number of aromatic nitrogens is 1. The quantitative estimate of drug-likeness (QED) is 0.738. The van der Waals surface area contributed by atoms with Crippen LogP contribution < -0.4 is 5.32 Å². The van der Waals surface area contributed by atoms with Gasteiger partial charge in [0, 0.05) is 6.92 Å². The maximum absolute atomic E-state index is 12.2. The molecule has 0 fully saturated rings. The van der Waals surface area contributed by atoms with Gasteiger partial charge in [-0.25, -0.2) is 4.98 Å². The van der Waals surface area contributed by atoms with Gasteiger partial charge in [0.2, 0.25) is 5.91 Å². The third-order valence-corrected chi connectivity index (χ3v) is 4.71. The molecule has 0 bridgehead atoms. The number of nitrogens with zero attached hydrogens (tertiary/aromatic N) is 1. The Morgan fingerprint density at radius 2 is 1.87 bits per heavy atom. The van der Waals surface area contributed by atoms with Gasteiger partial charge in [0.15, 0.2) is 10.9 Å². The first-order valence-corrected chi connectivity index (χ1v) is 8.10. The second kappa shape index (κ2) is 6.30. The summed E-state index contributed by atoms with van der Waals surface area (Å²) >= 11 is 1.22. The second-order valence-corrected chi connectivity index (χ2v) is 6.40. The fourth-order valence-corrected chi connectivity index (χ4v) is 3.35. The fourth-order valence-electron chi connectivity index (χ4n) is 2.47. The van der Waals surface area contributed by atoms with Gasteiger partial charge in [-0.3, -0.25) is 9.59 Å². The summed E-state index contributed by atoms with van der Waals surface area (Å²) in [5.41, 5.74) is 1.60. The van der Waals surface area contributed by atoms with Gasteiger partial charge in [-0.05, 0) is 23.3 Å². The smallest absolute Gasteiger partial charge is 0.230 e. The molecule has 3 aromatic rings. The Balaban J connectivity index is 1.73. The van der Waals surface area contributed by atoms with E-state index in [1.165, 1.54) is 18.3 Å². The Kier molecular flexibility index (Phi) is 4.21.